The lowest BCUT2D eigenvalue weighted by Crippen LogP contribution is -2.26. The standard InChI is InChI=1S/C24H22N2O7S/c1-26(17-8-3-2-4-9-17)34(30,31)18-10-5-7-16(13-18)23(27)25-20-15-22-21(14-19(20)24(28)29)32-11-6-12-33-22/h2-5,7-10,13-15H,6,11-12H2,1H3,(H,25,27)(H,28,29). The molecule has 0 radical (unpaired) electrons. The molecular weight excluding hydrogens is 460 g/mol. The van der Waals surface area contributed by atoms with Gasteiger partial charge in [-0.05, 0) is 30.3 Å². The second-order valence-corrected chi connectivity index (χ2v) is 9.46. The number of anilines is 2. The number of nitrogens with zero attached hydrogens (tertiary/aromatic N) is 1. The molecule has 176 valence electrons. The van der Waals surface area contributed by atoms with Gasteiger partial charge in [0.15, 0.2) is 11.5 Å². The Morgan fingerprint density at radius 3 is 2.29 bits per heavy atom. The molecule has 1 aliphatic rings. The summed E-state index contributed by atoms with van der Waals surface area (Å²) in [5.41, 5.74) is 0.350. The Bertz CT molecular complexity index is 1340. The summed E-state index contributed by atoms with van der Waals surface area (Å²) in [7, 11) is -2.51. The molecule has 1 amide bonds. The average Bonchev–Trinajstić information content (AvgIpc) is 3.08. The molecule has 0 unspecified atom stereocenters. The van der Waals surface area contributed by atoms with E-state index in [1.807, 2.05) is 0 Å². The van der Waals surface area contributed by atoms with Gasteiger partial charge in [0.25, 0.3) is 15.9 Å². The van der Waals surface area contributed by atoms with Crippen molar-refractivity contribution in [2.75, 3.05) is 29.9 Å². The summed E-state index contributed by atoms with van der Waals surface area (Å²) in [5.74, 6) is -1.33. The maximum Gasteiger partial charge on any atom is 0.337 e. The molecule has 4 rings (SSSR count). The van der Waals surface area contributed by atoms with Crippen LogP contribution in [0.15, 0.2) is 71.6 Å². The van der Waals surface area contributed by atoms with Gasteiger partial charge in [0.05, 0.1) is 35.0 Å². The second kappa shape index (κ2) is 9.44. The van der Waals surface area contributed by atoms with Crippen molar-refractivity contribution in [1.82, 2.24) is 0 Å². The molecule has 9 nitrogen and oxygen atoms in total. The summed E-state index contributed by atoms with van der Waals surface area (Å²) in [4.78, 5) is 24.7. The van der Waals surface area contributed by atoms with Crippen LogP contribution in [0.1, 0.15) is 27.1 Å². The lowest BCUT2D eigenvalue weighted by Gasteiger charge is -2.20. The summed E-state index contributed by atoms with van der Waals surface area (Å²) < 4.78 is 38.4. The maximum atomic E-state index is 13.1. The summed E-state index contributed by atoms with van der Waals surface area (Å²) in [6.07, 6.45) is 0.636. The summed E-state index contributed by atoms with van der Waals surface area (Å²) in [5, 5.41) is 12.2. The summed E-state index contributed by atoms with van der Waals surface area (Å²) >= 11 is 0. The Morgan fingerprint density at radius 1 is 0.941 bits per heavy atom. The predicted octanol–water partition coefficient (Wildman–Crippen LogP) is 3.62. The van der Waals surface area contributed by atoms with Crippen LogP contribution in [0.5, 0.6) is 11.5 Å². The van der Waals surface area contributed by atoms with Crippen molar-refractivity contribution in [3.63, 3.8) is 0 Å². The molecule has 2 N–H and O–H groups in total. The van der Waals surface area contributed by atoms with E-state index in [1.54, 1.807) is 30.3 Å². The number of aromatic carboxylic acids is 1. The van der Waals surface area contributed by atoms with Gasteiger partial charge in [0, 0.05) is 31.2 Å². The van der Waals surface area contributed by atoms with E-state index >= 15 is 0 Å². The van der Waals surface area contributed by atoms with E-state index in [9.17, 15) is 23.1 Å². The first-order valence-corrected chi connectivity index (χ1v) is 11.8. The number of amides is 1. The number of carboxylic acid groups (broad SMARTS) is 1. The van der Waals surface area contributed by atoms with Gasteiger partial charge in [-0.1, -0.05) is 24.3 Å². The number of carbonyl (C=O) groups excluding carboxylic acids is 1. The minimum atomic E-state index is -3.94. The number of nitrogens with one attached hydrogen (secondary N) is 1. The Morgan fingerprint density at radius 2 is 1.62 bits per heavy atom. The molecule has 0 saturated carbocycles. The lowest BCUT2D eigenvalue weighted by atomic mass is 10.1. The van der Waals surface area contributed by atoms with Crippen molar-refractivity contribution < 1.29 is 32.6 Å². The maximum absolute atomic E-state index is 13.1. The molecule has 0 atom stereocenters. The normalized spacial score (nSPS) is 13.0. The first-order valence-electron chi connectivity index (χ1n) is 10.4. The molecule has 34 heavy (non-hydrogen) atoms. The van der Waals surface area contributed by atoms with Crippen molar-refractivity contribution >= 4 is 33.3 Å². The smallest absolute Gasteiger partial charge is 0.337 e. The van der Waals surface area contributed by atoms with Crippen molar-refractivity contribution in [3.8, 4) is 11.5 Å². The van der Waals surface area contributed by atoms with E-state index in [0.29, 0.717) is 31.1 Å². The van der Waals surface area contributed by atoms with E-state index in [-0.39, 0.29) is 27.5 Å². The minimum Gasteiger partial charge on any atom is -0.490 e. The zero-order valence-electron chi connectivity index (χ0n) is 18.2. The Labute approximate surface area is 196 Å². The van der Waals surface area contributed by atoms with Gasteiger partial charge in [-0.15, -0.1) is 0 Å². The van der Waals surface area contributed by atoms with Crippen LogP contribution in [0.25, 0.3) is 0 Å². The number of carbonyl (C=O) groups is 2. The van der Waals surface area contributed by atoms with E-state index in [0.717, 1.165) is 4.31 Å². The topological polar surface area (TPSA) is 122 Å². The fourth-order valence-corrected chi connectivity index (χ4v) is 4.66. The van der Waals surface area contributed by atoms with Crippen molar-refractivity contribution in [3.05, 3.63) is 77.9 Å². The number of hydrogen-bond donors (Lipinski definition) is 2. The Balaban J connectivity index is 1.63. The quantitative estimate of drug-likeness (QED) is 0.550. The molecule has 0 fully saturated rings. The highest BCUT2D eigenvalue weighted by atomic mass is 32.2. The predicted molar refractivity (Wildman–Crippen MR) is 125 cm³/mol. The van der Waals surface area contributed by atoms with E-state index < -0.39 is 21.9 Å². The third-order valence-corrected chi connectivity index (χ3v) is 7.02. The molecule has 3 aromatic carbocycles. The number of sulfonamides is 1. The second-order valence-electron chi connectivity index (χ2n) is 7.49. The molecule has 0 bridgehead atoms. The molecule has 3 aromatic rings. The van der Waals surface area contributed by atoms with Gasteiger partial charge in [0.2, 0.25) is 0 Å². The first kappa shape index (κ1) is 23.1. The Hall–Kier alpha value is -4.05. The summed E-state index contributed by atoms with van der Waals surface area (Å²) in [6.45, 7) is 0.776. The lowest BCUT2D eigenvalue weighted by molar-refractivity contribution is 0.0697. The third-order valence-electron chi connectivity index (χ3n) is 5.24. The number of carboxylic acids is 1. The molecular formula is C24H22N2O7S. The molecule has 0 aromatic heterocycles. The molecule has 0 aliphatic carbocycles. The molecule has 0 saturated heterocycles. The molecule has 1 heterocycles. The number of benzene rings is 3. The van der Waals surface area contributed by atoms with Crippen LogP contribution >= 0.6 is 0 Å². The van der Waals surface area contributed by atoms with Crippen LogP contribution in [0.2, 0.25) is 0 Å². The third kappa shape index (κ3) is 4.67. The highest BCUT2D eigenvalue weighted by Crippen LogP contribution is 2.35. The monoisotopic (exact) mass is 482 g/mol. The van der Waals surface area contributed by atoms with Gasteiger partial charge in [-0.2, -0.15) is 0 Å². The number of rotatable bonds is 6. The van der Waals surface area contributed by atoms with Crippen LogP contribution in [0.4, 0.5) is 11.4 Å². The summed E-state index contributed by atoms with van der Waals surface area (Å²) in [6, 6.07) is 16.8. The van der Waals surface area contributed by atoms with Gasteiger partial charge in [-0.3, -0.25) is 9.10 Å². The van der Waals surface area contributed by atoms with Crippen LogP contribution < -0.4 is 19.1 Å². The van der Waals surface area contributed by atoms with Crippen molar-refractivity contribution in [1.29, 1.82) is 0 Å². The van der Waals surface area contributed by atoms with E-state index in [2.05, 4.69) is 5.32 Å². The van der Waals surface area contributed by atoms with Crippen LogP contribution in [-0.4, -0.2) is 45.7 Å². The van der Waals surface area contributed by atoms with E-state index in [1.165, 1.54) is 43.4 Å². The van der Waals surface area contributed by atoms with Gasteiger partial charge >= 0.3 is 5.97 Å². The number of hydrogen-bond acceptors (Lipinski definition) is 6. The number of para-hydroxylation sites is 1. The molecule has 10 heteroatoms. The van der Waals surface area contributed by atoms with E-state index in [4.69, 9.17) is 9.47 Å². The highest BCUT2D eigenvalue weighted by Gasteiger charge is 2.24. The highest BCUT2D eigenvalue weighted by molar-refractivity contribution is 7.92. The fraction of sp³-hybridized carbons (Fsp3) is 0.167. The molecule has 0 spiro atoms. The average molecular weight is 483 g/mol. The number of ether oxygens (including phenoxy) is 2. The van der Waals surface area contributed by atoms with Crippen molar-refractivity contribution in [2.24, 2.45) is 0 Å². The van der Waals surface area contributed by atoms with Gasteiger partial charge in [0.1, 0.15) is 0 Å². The number of fused-ring (bicyclic) bond motifs is 1. The van der Waals surface area contributed by atoms with Gasteiger partial charge in [-0.25, -0.2) is 13.2 Å². The zero-order valence-corrected chi connectivity index (χ0v) is 19.0. The van der Waals surface area contributed by atoms with Gasteiger partial charge < -0.3 is 19.9 Å². The SMILES string of the molecule is CN(c1ccccc1)S(=O)(=O)c1cccc(C(=O)Nc2cc3c(cc2C(=O)O)OCCCO3)c1. The minimum absolute atomic E-state index is 0.0106. The van der Waals surface area contributed by atoms with Crippen LogP contribution in [0.3, 0.4) is 0 Å². The first-order chi connectivity index (χ1) is 16.3. The molecule has 1 aliphatic heterocycles. The van der Waals surface area contributed by atoms with Crippen molar-refractivity contribution in [2.45, 2.75) is 11.3 Å². The fourth-order valence-electron chi connectivity index (χ4n) is 3.42. The largest absolute Gasteiger partial charge is 0.490 e. The van der Waals surface area contributed by atoms with Crippen LogP contribution in [0, 0.1) is 0 Å². The van der Waals surface area contributed by atoms with Crippen LogP contribution in [-0.2, 0) is 10.0 Å². The Kier molecular flexibility index (Phi) is 6.42. The zero-order chi connectivity index (χ0) is 24.3.